The van der Waals surface area contributed by atoms with Crippen LogP contribution in [-0.4, -0.2) is 29.6 Å². The first-order chi connectivity index (χ1) is 7.61. The molecule has 0 amide bonds. The molecule has 0 aliphatic carbocycles. The standard InChI is InChI=1S/C10H16N2O4/c1-4-11-9(13)8(2)7-12(10(11)14)16-6-5-15-3/h7H,4-6H2,1-3H3. The Morgan fingerprint density at radius 3 is 2.56 bits per heavy atom. The maximum absolute atomic E-state index is 11.7. The Morgan fingerprint density at radius 1 is 1.31 bits per heavy atom. The molecule has 90 valence electrons. The molecule has 0 atom stereocenters. The first kappa shape index (κ1) is 12.5. The molecule has 0 aliphatic heterocycles. The summed E-state index contributed by atoms with van der Waals surface area (Å²) in [6, 6.07) is 0. The summed E-state index contributed by atoms with van der Waals surface area (Å²) in [5, 5.41) is 0. The second-order valence-electron chi connectivity index (χ2n) is 3.30. The predicted octanol–water partition coefficient (Wildman–Crippen LogP) is -0.587. The van der Waals surface area contributed by atoms with Gasteiger partial charge in [0.2, 0.25) is 0 Å². The summed E-state index contributed by atoms with van der Waals surface area (Å²) in [5.74, 6) is 0. The highest BCUT2D eigenvalue weighted by Gasteiger charge is 2.07. The average molecular weight is 228 g/mol. The number of aromatic nitrogens is 2. The van der Waals surface area contributed by atoms with E-state index < -0.39 is 5.69 Å². The van der Waals surface area contributed by atoms with Crippen molar-refractivity contribution in [1.29, 1.82) is 0 Å². The first-order valence-electron chi connectivity index (χ1n) is 5.07. The molecule has 1 rings (SSSR count). The van der Waals surface area contributed by atoms with Crippen LogP contribution >= 0.6 is 0 Å². The summed E-state index contributed by atoms with van der Waals surface area (Å²) in [7, 11) is 1.55. The van der Waals surface area contributed by atoms with E-state index in [0.717, 1.165) is 9.30 Å². The summed E-state index contributed by atoms with van der Waals surface area (Å²) < 4.78 is 7.00. The van der Waals surface area contributed by atoms with Crippen molar-refractivity contribution >= 4 is 0 Å². The highest BCUT2D eigenvalue weighted by atomic mass is 16.7. The van der Waals surface area contributed by atoms with E-state index in [1.54, 1.807) is 21.0 Å². The van der Waals surface area contributed by atoms with E-state index in [2.05, 4.69) is 0 Å². The number of ether oxygens (including phenoxy) is 1. The van der Waals surface area contributed by atoms with Gasteiger partial charge in [-0.15, -0.1) is 4.73 Å². The van der Waals surface area contributed by atoms with Crippen molar-refractivity contribution in [3.63, 3.8) is 0 Å². The van der Waals surface area contributed by atoms with Gasteiger partial charge in [-0.2, -0.15) is 0 Å². The molecule has 0 bridgehead atoms. The van der Waals surface area contributed by atoms with Gasteiger partial charge in [-0.1, -0.05) is 0 Å². The van der Waals surface area contributed by atoms with Crippen molar-refractivity contribution in [2.45, 2.75) is 20.4 Å². The zero-order chi connectivity index (χ0) is 12.1. The van der Waals surface area contributed by atoms with E-state index in [1.807, 2.05) is 0 Å². The number of hydrogen-bond acceptors (Lipinski definition) is 4. The minimum absolute atomic E-state index is 0.262. The summed E-state index contributed by atoms with van der Waals surface area (Å²) in [6.45, 7) is 4.35. The smallest absolute Gasteiger partial charge is 0.363 e. The van der Waals surface area contributed by atoms with Crippen LogP contribution in [0.1, 0.15) is 12.5 Å². The van der Waals surface area contributed by atoms with Crippen LogP contribution in [0, 0.1) is 6.92 Å². The lowest BCUT2D eigenvalue weighted by atomic mass is 10.4. The molecule has 0 radical (unpaired) electrons. The van der Waals surface area contributed by atoms with Gasteiger partial charge in [0.05, 0.1) is 12.8 Å². The molecule has 6 heteroatoms. The Morgan fingerprint density at radius 2 is 2.00 bits per heavy atom. The second-order valence-corrected chi connectivity index (χ2v) is 3.30. The van der Waals surface area contributed by atoms with E-state index in [1.165, 1.54) is 6.20 Å². The molecular formula is C10H16N2O4. The predicted molar refractivity (Wildman–Crippen MR) is 58.7 cm³/mol. The van der Waals surface area contributed by atoms with Crippen LogP contribution in [0.5, 0.6) is 0 Å². The second kappa shape index (κ2) is 5.50. The van der Waals surface area contributed by atoms with Crippen molar-refractivity contribution in [2.75, 3.05) is 20.3 Å². The topological polar surface area (TPSA) is 62.5 Å². The molecule has 0 saturated carbocycles. The zero-order valence-corrected chi connectivity index (χ0v) is 9.73. The van der Waals surface area contributed by atoms with Crippen molar-refractivity contribution in [3.8, 4) is 0 Å². The van der Waals surface area contributed by atoms with Gasteiger partial charge in [0.1, 0.15) is 6.61 Å². The molecule has 0 aromatic carbocycles. The lowest BCUT2D eigenvalue weighted by Crippen LogP contribution is -2.43. The van der Waals surface area contributed by atoms with Crippen LogP contribution in [0.3, 0.4) is 0 Å². The van der Waals surface area contributed by atoms with Crippen LogP contribution in [-0.2, 0) is 11.3 Å². The van der Waals surface area contributed by atoms with Gasteiger partial charge in [-0.05, 0) is 13.8 Å². The van der Waals surface area contributed by atoms with Crippen LogP contribution in [0.15, 0.2) is 15.8 Å². The summed E-state index contributed by atoms with van der Waals surface area (Å²) in [6.07, 6.45) is 1.40. The van der Waals surface area contributed by atoms with Gasteiger partial charge in [-0.25, -0.2) is 4.79 Å². The number of hydrogen-bond donors (Lipinski definition) is 0. The van der Waals surface area contributed by atoms with Crippen LogP contribution < -0.4 is 16.1 Å². The molecule has 0 saturated heterocycles. The first-order valence-corrected chi connectivity index (χ1v) is 5.07. The van der Waals surface area contributed by atoms with Crippen molar-refractivity contribution in [2.24, 2.45) is 0 Å². The third-order valence-electron chi connectivity index (χ3n) is 2.15. The normalized spacial score (nSPS) is 10.4. The fraction of sp³-hybridized carbons (Fsp3) is 0.600. The molecule has 6 nitrogen and oxygen atoms in total. The third-order valence-corrected chi connectivity index (χ3v) is 2.15. The molecule has 0 fully saturated rings. The van der Waals surface area contributed by atoms with Gasteiger partial charge < -0.3 is 9.57 Å². The number of nitrogens with zero attached hydrogens (tertiary/aromatic N) is 2. The minimum Gasteiger partial charge on any atom is -0.407 e. The van der Waals surface area contributed by atoms with E-state index in [0.29, 0.717) is 18.7 Å². The highest BCUT2D eigenvalue weighted by molar-refractivity contribution is 5.01. The molecule has 0 unspecified atom stereocenters. The van der Waals surface area contributed by atoms with Crippen LogP contribution in [0.25, 0.3) is 0 Å². The Kier molecular flexibility index (Phi) is 4.30. The van der Waals surface area contributed by atoms with Gasteiger partial charge in [0.25, 0.3) is 5.56 Å². The van der Waals surface area contributed by atoms with E-state index >= 15 is 0 Å². The third kappa shape index (κ3) is 2.52. The SMILES string of the molecule is CCn1c(=O)c(C)cn(OCCOC)c1=O. The molecule has 0 aliphatic rings. The largest absolute Gasteiger partial charge is 0.407 e. The Balaban J connectivity index is 3.07. The quantitative estimate of drug-likeness (QED) is 0.632. The van der Waals surface area contributed by atoms with Crippen molar-refractivity contribution in [1.82, 2.24) is 9.30 Å². The van der Waals surface area contributed by atoms with Gasteiger partial charge in [0.15, 0.2) is 0 Å². The summed E-state index contributed by atoms with van der Waals surface area (Å²) in [4.78, 5) is 28.5. The molecular weight excluding hydrogens is 212 g/mol. The maximum Gasteiger partial charge on any atom is 0.363 e. The Bertz CT molecular complexity index is 461. The molecule has 0 spiro atoms. The Labute approximate surface area is 93.0 Å². The number of aryl methyl sites for hydroxylation is 1. The number of rotatable bonds is 5. The Hall–Kier alpha value is -1.56. The monoisotopic (exact) mass is 228 g/mol. The van der Waals surface area contributed by atoms with Crippen LogP contribution in [0.4, 0.5) is 0 Å². The fourth-order valence-corrected chi connectivity index (χ4v) is 1.30. The highest BCUT2D eigenvalue weighted by Crippen LogP contribution is 1.84. The molecule has 1 aromatic rings. The lowest BCUT2D eigenvalue weighted by molar-refractivity contribution is 0.0478. The van der Waals surface area contributed by atoms with E-state index in [-0.39, 0.29) is 12.2 Å². The van der Waals surface area contributed by atoms with Crippen LogP contribution in [0.2, 0.25) is 0 Å². The van der Waals surface area contributed by atoms with Gasteiger partial charge in [0, 0.05) is 19.2 Å². The van der Waals surface area contributed by atoms with E-state index in [9.17, 15) is 9.59 Å². The summed E-state index contributed by atoms with van der Waals surface area (Å²) in [5.41, 5.74) is -0.271. The molecule has 1 heterocycles. The molecule has 16 heavy (non-hydrogen) atoms. The van der Waals surface area contributed by atoms with Crippen molar-refractivity contribution < 1.29 is 9.57 Å². The number of methoxy groups -OCH3 is 1. The molecule has 1 aromatic heterocycles. The summed E-state index contributed by atoms with van der Waals surface area (Å²) >= 11 is 0. The van der Waals surface area contributed by atoms with E-state index in [4.69, 9.17) is 9.57 Å². The average Bonchev–Trinajstić information content (AvgIpc) is 2.26. The minimum atomic E-state index is -0.464. The maximum atomic E-state index is 11.7. The van der Waals surface area contributed by atoms with Crippen molar-refractivity contribution in [3.05, 3.63) is 32.6 Å². The zero-order valence-electron chi connectivity index (χ0n) is 9.73. The molecule has 0 N–H and O–H groups in total. The lowest BCUT2D eigenvalue weighted by Gasteiger charge is -2.10. The van der Waals surface area contributed by atoms with Gasteiger partial charge >= 0.3 is 5.69 Å². The van der Waals surface area contributed by atoms with Gasteiger partial charge in [-0.3, -0.25) is 9.36 Å². The fourth-order valence-electron chi connectivity index (χ4n) is 1.30.